The van der Waals surface area contributed by atoms with Crippen LogP contribution in [0.4, 0.5) is 0 Å². The normalized spacial score (nSPS) is 11.6. The minimum Gasteiger partial charge on any atom is -0.283 e. The van der Waals surface area contributed by atoms with E-state index in [1.165, 1.54) is 0 Å². The maximum atomic E-state index is 12.0. The third-order valence-corrected chi connectivity index (χ3v) is 4.06. The SMILES string of the molecule is Cc1[nH]ncc1CS(=O)(=O)c1ccccc1. The van der Waals surface area contributed by atoms with Gasteiger partial charge in [0.2, 0.25) is 0 Å². The van der Waals surface area contributed by atoms with Crippen molar-refractivity contribution in [2.45, 2.75) is 17.6 Å². The summed E-state index contributed by atoms with van der Waals surface area (Å²) in [4.78, 5) is 0.343. The Morgan fingerprint density at radius 1 is 1.25 bits per heavy atom. The van der Waals surface area contributed by atoms with E-state index >= 15 is 0 Å². The molecule has 1 aromatic heterocycles. The average molecular weight is 236 g/mol. The molecular formula is C11H12N2O2S. The Balaban J connectivity index is 2.32. The number of hydrogen-bond donors (Lipinski definition) is 1. The molecular weight excluding hydrogens is 224 g/mol. The summed E-state index contributed by atoms with van der Waals surface area (Å²) in [5.41, 5.74) is 1.50. The zero-order chi connectivity index (χ0) is 11.6. The van der Waals surface area contributed by atoms with E-state index in [1.54, 1.807) is 36.5 Å². The summed E-state index contributed by atoms with van der Waals surface area (Å²) in [6, 6.07) is 8.43. The number of nitrogens with one attached hydrogen (secondary N) is 1. The maximum Gasteiger partial charge on any atom is 0.182 e. The lowest BCUT2D eigenvalue weighted by Crippen LogP contribution is -2.05. The molecule has 1 heterocycles. The van der Waals surface area contributed by atoms with Crippen LogP contribution >= 0.6 is 0 Å². The lowest BCUT2D eigenvalue weighted by molar-refractivity contribution is 0.595. The van der Waals surface area contributed by atoms with Crippen LogP contribution in [0.25, 0.3) is 0 Å². The van der Waals surface area contributed by atoms with Crippen LogP contribution in [0.5, 0.6) is 0 Å². The van der Waals surface area contributed by atoms with Gasteiger partial charge in [0.15, 0.2) is 9.84 Å². The Bertz CT molecular complexity index is 573. The van der Waals surface area contributed by atoms with Gasteiger partial charge in [0.1, 0.15) is 0 Å². The van der Waals surface area contributed by atoms with Gasteiger partial charge in [-0.15, -0.1) is 0 Å². The predicted octanol–water partition coefficient (Wildman–Crippen LogP) is 1.69. The first-order chi connectivity index (χ1) is 7.59. The summed E-state index contributed by atoms with van der Waals surface area (Å²) in [7, 11) is -3.27. The fraction of sp³-hybridized carbons (Fsp3) is 0.182. The molecule has 0 bridgehead atoms. The predicted molar refractivity (Wildman–Crippen MR) is 60.7 cm³/mol. The molecule has 4 nitrogen and oxygen atoms in total. The second kappa shape index (κ2) is 4.09. The molecule has 1 aromatic carbocycles. The van der Waals surface area contributed by atoms with E-state index in [1.807, 2.05) is 6.92 Å². The molecule has 0 aliphatic heterocycles. The molecule has 0 aliphatic carbocycles. The summed E-state index contributed by atoms with van der Waals surface area (Å²) in [6.07, 6.45) is 1.55. The van der Waals surface area contributed by atoms with E-state index in [-0.39, 0.29) is 5.75 Å². The number of nitrogens with zero attached hydrogens (tertiary/aromatic N) is 1. The molecule has 0 spiro atoms. The van der Waals surface area contributed by atoms with E-state index in [0.717, 1.165) is 5.69 Å². The van der Waals surface area contributed by atoms with Crippen molar-refractivity contribution in [3.05, 3.63) is 47.8 Å². The molecule has 0 amide bonds. The lowest BCUT2D eigenvalue weighted by Gasteiger charge is -2.02. The number of benzene rings is 1. The fourth-order valence-electron chi connectivity index (χ4n) is 1.44. The molecule has 2 rings (SSSR count). The highest BCUT2D eigenvalue weighted by Crippen LogP contribution is 2.16. The van der Waals surface area contributed by atoms with Gasteiger partial charge < -0.3 is 0 Å². The van der Waals surface area contributed by atoms with E-state index in [9.17, 15) is 8.42 Å². The Labute approximate surface area is 94.2 Å². The number of sulfone groups is 1. The van der Waals surface area contributed by atoms with Gasteiger partial charge in [-0.3, -0.25) is 5.10 Å². The Morgan fingerprint density at radius 3 is 2.50 bits per heavy atom. The summed E-state index contributed by atoms with van der Waals surface area (Å²) in [6.45, 7) is 1.81. The summed E-state index contributed by atoms with van der Waals surface area (Å²) in [5, 5.41) is 6.54. The van der Waals surface area contributed by atoms with E-state index < -0.39 is 9.84 Å². The molecule has 0 aliphatic rings. The molecule has 1 N–H and O–H groups in total. The third kappa shape index (κ3) is 2.14. The van der Waals surface area contributed by atoms with Gasteiger partial charge in [-0.05, 0) is 19.1 Å². The molecule has 0 saturated heterocycles. The monoisotopic (exact) mass is 236 g/mol. The van der Waals surface area contributed by atoms with Crippen LogP contribution in [0.1, 0.15) is 11.3 Å². The van der Waals surface area contributed by atoms with Crippen molar-refractivity contribution in [3.63, 3.8) is 0 Å². The van der Waals surface area contributed by atoms with Crippen molar-refractivity contribution in [2.75, 3.05) is 0 Å². The first-order valence-corrected chi connectivity index (χ1v) is 6.51. The zero-order valence-electron chi connectivity index (χ0n) is 8.84. The van der Waals surface area contributed by atoms with Gasteiger partial charge in [0.25, 0.3) is 0 Å². The second-order valence-electron chi connectivity index (χ2n) is 3.59. The van der Waals surface area contributed by atoms with Crippen molar-refractivity contribution in [3.8, 4) is 0 Å². The maximum absolute atomic E-state index is 12.0. The van der Waals surface area contributed by atoms with Gasteiger partial charge >= 0.3 is 0 Å². The molecule has 0 radical (unpaired) electrons. The van der Waals surface area contributed by atoms with Gasteiger partial charge in [-0.25, -0.2) is 8.42 Å². The molecule has 0 fully saturated rings. The number of H-pyrrole nitrogens is 1. The van der Waals surface area contributed by atoms with Crippen LogP contribution in [0.3, 0.4) is 0 Å². The molecule has 84 valence electrons. The first kappa shape index (κ1) is 10.9. The van der Waals surface area contributed by atoms with Crippen LogP contribution in [0.15, 0.2) is 41.4 Å². The van der Waals surface area contributed by atoms with E-state index in [2.05, 4.69) is 10.2 Å². The Kier molecular flexibility index (Phi) is 2.78. The van der Waals surface area contributed by atoms with Crippen LogP contribution < -0.4 is 0 Å². The van der Waals surface area contributed by atoms with Crippen LogP contribution in [-0.2, 0) is 15.6 Å². The number of aromatic nitrogens is 2. The van der Waals surface area contributed by atoms with Crippen molar-refractivity contribution in [1.29, 1.82) is 0 Å². The highest BCUT2D eigenvalue weighted by molar-refractivity contribution is 7.90. The molecule has 2 aromatic rings. The largest absolute Gasteiger partial charge is 0.283 e. The van der Waals surface area contributed by atoms with Gasteiger partial charge in [0.05, 0.1) is 16.8 Å². The highest BCUT2D eigenvalue weighted by Gasteiger charge is 2.16. The van der Waals surface area contributed by atoms with Crippen molar-refractivity contribution >= 4 is 9.84 Å². The highest BCUT2D eigenvalue weighted by atomic mass is 32.2. The van der Waals surface area contributed by atoms with Gasteiger partial charge in [-0.2, -0.15) is 5.10 Å². The molecule has 16 heavy (non-hydrogen) atoms. The molecule has 5 heteroatoms. The van der Waals surface area contributed by atoms with Crippen molar-refractivity contribution in [2.24, 2.45) is 0 Å². The van der Waals surface area contributed by atoms with Crippen LogP contribution in [0, 0.1) is 6.92 Å². The Morgan fingerprint density at radius 2 is 1.94 bits per heavy atom. The van der Waals surface area contributed by atoms with Crippen molar-refractivity contribution < 1.29 is 8.42 Å². The topological polar surface area (TPSA) is 62.8 Å². The summed E-state index contributed by atoms with van der Waals surface area (Å²) < 4.78 is 24.0. The molecule has 0 unspecified atom stereocenters. The average Bonchev–Trinajstić information content (AvgIpc) is 2.65. The second-order valence-corrected chi connectivity index (χ2v) is 5.58. The minimum atomic E-state index is -3.27. The van der Waals surface area contributed by atoms with Crippen LogP contribution in [0.2, 0.25) is 0 Å². The van der Waals surface area contributed by atoms with E-state index in [4.69, 9.17) is 0 Å². The smallest absolute Gasteiger partial charge is 0.182 e. The van der Waals surface area contributed by atoms with Crippen molar-refractivity contribution in [1.82, 2.24) is 10.2 Å². The van der Waals surface area contributed by atoms with E-state index in [0.29, 0.717) is 10.5 Å². The number of aryl methyl sites for hydroxylation is 1. The Hall–Kier alpha value is -1.62. The standard InChI is InChI=1S/C11H12N2O2S/c1-9-10(7-12-13-9)8-16(14,15)11-5-3-2-4-6-11/h2-7H,8H2,1H3,(H,12,13). The first-order valence-electron chi connectivity index (χ1n) is 4.86. The number of rotatable bonds is 3. The minimum absolute atomic E-state index is 0.0145. The van der Waals surface area contributed by atoms with Crippen LogP contribution in [-0.4, -0.2) is 18.6 Å². The molecule has 0 atom stereocenters. The number of hydrogen-bond acceptors (Lipinski definition) is 3. The third-order valence-electron chi connectivity index (χ3n) is 2.38. The van der Waals surface area contributed by atoms with Gasteiger partial charge in [-0.1, -0.05) is 18.2 Å². The fourth-order valence-corrected chi connectivity index (χ4v) is 2.88. The zero-order valence-corrected chi connectivity index (χ0v) is 9.66. The van der Waals surface area contributed by atoms with Gasteiger partial charge in [0, 0.05) is 11.3 Å². The number of aromatic amines is 1. The lowest BCUT2D eigenvalue weighted by atomic mass is 10.3. The summed E-state index contributed by atoms with van der Waals surface area (Å²) in [5.74, 6) is -0.0145. The quantitative estimate of drug-likeness (QED) is 0.882. The summed E-state index contributed by atoms with van der Waals surface area (Å²) >= 11 is 0. The molecule has 0 saturated carbocycles.